The average Bonchev–Trinajstić information content (AvgIpc) is 3.21. The first-order chi connectivity index (χ1) is 13.8. The van der Waals surface area contributed by atoms with E-state index >= 15 is 0 Å². The van der Waals surface area contributed by atoms with Crippen LogP contribution in [0.2, 0.25) is 0 Å². The lowest BCUT2D eigenvalue weighted by Crippen LogP contribution is -2.43. The number of nitrogens with zero attached hydrogens (tertiary/aromatic N) is 2. The fourth-order valence-corrected chi connectivity index (χ4v) is 5.71. The van der Waals surface area contributed by atoms with Gasteiger partial charge in [-0.2, -0.15) is 4.31 Å². The highest BCUT2D eigenvalue weighted by Gasteiger charge is 2.33. The van der Waals surface area contributed by atoms with Crippen LogP contribution in [0.15, 0.2) is 23.1 Å². The molecule has 1 aromatic rings. The Kier molecular flexibility index (Phi) is 6.95. The van der Waals surface area contributed by atoms with E-state index in [-0.39, 0.29) is 24.2 Å². The molecule has 1 aromatic carbocycles. The van der Waals surface area contributed by atoms with Gasteiger partial charge in [-0.3, -0.25) is 9.59 Å². The summed E-state index contributed by atoms with van der Waals surface area (Å²) in [5.74, 6) is -0.440. The summed E-state index contributed by atoms with van der Waals surface area (Å²) >= 11 is 0. The van der Waals surface area contributed by atoms with Crippen LogP contribution in [-0.2, 0) is 37.2 Å². The van der Waals surface area contributed by atoms with Crippen molar-refractivity contribution in [2.75, 3.05) is 33.8 Å². The number of carbonyl (C=O) groups is 2. The predicted octanol–water partition coefficient (Wildman–Crippen LogP) is 1.99. The van der Waals surface area contributed by atoms with Crippen LogP contribution in [0.3, 0.4) is 0 Å². The molecule has 1 heterocycles. The lowest BCUT2D eigenvalue weighted by atomic mass is 9.96. The second kappa shape index (κ2) is 9.26. The number of methoxy groups -OCH3 is 1. The van der Waals surface area contributed by atoms with Gasteiger partial charge in [0, 0.05) is 39.0 Å². The van der Waals surface area contributed by atoms with Crippen LogP contribution in [0.4, 0.5) is 0 Å². The molecule has 1 aliphatic heterocycles. The summed E-state index contributed by atoms with van der Waals surface area (Å²) in [6.45, 7) is 1.19. The molecule has 1 fully saturated rings. The lowest BCUT2D eigenvalue weighted by molar-refractivity contribution is -0.141. The summed E-state index contributed by atoms with van der Waals surface area (Å²) in [7, 11) is -0.444. The Labute approximate surface area is 173 Å². The fraction of sp³-hybridized carbons (Fsp3) is 0.619. The van der Waals surface area contributed by atoms with Crippen LogP contribution >= 0.6 is 0 Å². The molecule has 7 nitrogen and oxygen atoms in total. The molecule has 0 spiro atoms. The van der Waals surface area contributed by atoms with Gasteiger partial charge in [0.25, 0.3) is 0 Å². The summed E-state index contributed by atoms with van der Waals surface area (Å²) in [5.41, 5.74) is 2.40. The molecule has 8 heteroatoms. The van der Waals surface area contributed by atoms with Gasteiger partial charge in [-0.1, -0.05) is 6.07 Å². The number of aryl methyl sites for hydroxylation is 2. The van der Waals surface area contributed by atoms with Gasteiger partial charge < -0.3 is 9.64 Å². The molecule has 0 saturated carbocycles. The molecule has 0 atom stereocenters. The van der Waals surface area contributed by atoms with Gasteiger partial charge in [-0.25, -0.2) is 8.42 Å². The third-order valence-electron chi connectivity index (χ3n) is 5.99. The Morgan fingerprint density at radius 3 is 2.55 bits per heavy atom. The number of amides is 1. The van der Waals surface area contributed by atoms with Crippen LogP contribution in [0.5, 0.6) is 0 Å². The predicted molar refractivity (Wildman–Crippen MR) is 109 cm³/mol. The molecule has 1 aliphatic carbocycles. The van der Waals surface area contributed by atoms with E-state index in [0.29, 0.717) is 43.8 Å². The first kappa shape index (κ1) is 21.8. The minimum atomic E-state index is -3.52. The number of sulfonamides is 1. The highest BCUT2D eigenvalue weighted by Crippen LogP contribution is 2.29. The van der Waals surface area contributed by atoms with Crippen molar-refractivity contribution in [3.63, 3.8) is 0 Å². The number of esters is 1. The summed E-state index contributed by atoms with van der Waals surface area (Å²) in [4.78, 5) is 25.8. The SMILES string of the molecule is COC(=O)CCCN(C)C(=O)C1CCN(S(=O)(=O)c2ccc3c(c2)CCC3)CC1. The first-order valence-corrected chi connectivity index (χ1v) is 11.7. The van der Waals surface area contributed by atoms with Crippen LogP contribution in [0.1, 0.15) is 43.2 Å². The Balaban J connectivity index is 1.54. The topological polar surface area (TPSA) is 84.0 Å². The zero-order valence-corrected chi connectivity index (χ0v) is 18.0. The molecule has 1 saturated heterocycles. The Morgan fingerprint density at radius 2 is 1.86 bits per heavy atom. The molecule has 0 radical (unpaired) electrons. The third kappa shape index (κ3) is 4.98. The van der Waals surface area contributed by atoms with E-state index in [0.717, 1.165) is 24.8 Å². The van der Waals surface area contributed by atoms with Gasteiger partial charge in [0.05, 0.1) is 12.0 Å². The van der Waals surface area contributed by atoms with Gasteiger partial charge >= 0.3 is 5.97 Å². The molecule has 29 heavy (non-hydrogen) atoms. The van der Waals surface area contributed by atoms with Crippen LogP contribution in [0.25, 0.3) is 0 Å². The molecule has 2 aliphatic rings. The fourth-order valence-electron chi connectivity index (χ4n) is 4.19. The quantitative estimate of drug-likeness (QED) is 0.628. The molecule has 0 aromatic heterocycles. The van der Waals surface area contributed by atoms with Crippen molar-refractivity contribution in [2.45, 2.75) is 49.8 Å². The van der Waals surface area contributed by atoms with Crippen molar-refractivity contribution in [3.05, 3.63) is 29.3 Å². The standard InChI is InChI=1S/C21H30N2O5S/c1-22(12-4-7-20(24)28-2)21(25)17-10-13-23(14-11-17)29(26,27)19-9-8-16-5-3-6-18(16)15-19/h8-9,15,17H,3-7,10-14H2,1-2H3. The summed E-state index contributed by atoms with van der Waals surface area (Å²) in [6, 6.07) is 5.48. The molecule has 0 bridgehead atoms. The lowest BCUT2D eigenvalue weighted by Gasteiger charge is -2.32. The number of ether oxygens (including phenoxy) is 1. The van der Waals surface area contributed by atoms with E-state index in [2.05, 4.69) is 4.74 Å². The van der Waals surface area contributed by atoms with Crippen LogP contribution in [0, 0.1) is 5.92 Å². The van der Waals surface area contributed by atoms with Gasteiger partial charge in [-0.15, -0.1) is 0 Å². The van der Waals surface area contributed by atoms with E-state index in [9.17, 15) is 18.0 Å². The zero-order valence-electron chi connectivity index (χ0n) is 17.2. The van der Waals surface area contributed by atoms with Crippen molar-refractivity contribution < 1.29 is 22.7 Å². The maximum Gasteiger partial charge on any atom is 0.305 e. The summed E-state index contributed by atoms with van der Waals surface area (Å²) in [6.07, 6.45) is 4.92. The van der Waals surface area contributed by atoms with Gasteiger partial charge in [0.15, 0.2) is 0 Å². The van der Waals surface area contributed by atoms with E-state index in [1.165, 1.54) is 17.0 Å². The van der Waals surface area contributed by atoms with Crippen molar-refractivity contribution in [2.24, 2.45) is 5.92 Å². The number of fused-ring (bicyclic) bond motifs is 1. The maximum atomic E-state index is 13.0. The second-order valence-corrected chi connectivity index (χ2v) is 9.84. The highest BCUT2D eigenvalue weighted by molar-refractivity contribution is 7.89. The molecule has 160 valence electrons. The molecular formula is C21H30N2O5S. The molecule has 3 rings (SSSR count). The van der Waals surface area contributed by atoms with Crippen molar-refractivity contribution >= 4 is 21.9 Å². The Morgan fingerprint density at radius 1 is 1.17 bits per heavy atom. The van der Waals surface area contributed by atoms with Gasteiger partial charge in [0.1, 0.15) is 0 Å². The number of piperidine rings is 1. The second-order valence-electron chi connectivity index (χ2n) is 7.90. The normalized spacial score (nSPS) is 17.7. The number of carbonyl (C=O) groups excluding carboxylic acids is 2. The highest BCUT2D eigenvalue weighted by atomic mass is 32.2. The largest absolute Gasteiger partial charge is 0.469 e. The molecule has 0 N–H and O–H groups in total. The third-order valence-corrected chi connectivity index (χ3v) is 7.88. The summed E-state index contributed by atoms with van der Waals surface area (Å²) < 4.78 is 32.1. The van der Waals surface area contributed by atoms with Gasteiger partial charge in [0.2, 0.25) is 15.9 Å². The molecule has 1 amide bonds. The van der Waals surface area contributed by atoms with Crippen molar-refractivity contribution in [1.82, 2.24) is 9.21 Å². The Bertz CT molecular complexity index is 860. The first-order valence-electron chi connectivity index (χ1n) is 10.3. The maximum absolute atomic E-state index is 13.0. The van der Waals surface area contributed by atoms with E-state index in [4.69, 9.17) is 0 Å². The number of hydrogen-bond donors (Lipinski definition) is 0. The number of rotatable bonds is 7. The number of benzene rings is 1. The monoisotopic (exact) mass is 422 g/mol. The summed E-state index contributed by atoms with van der Waals surface area (Å²) in [5, 5.41) is 0. The van der Waals surface area contributed by atoms with E-state index < -0.39 is 10.0 Å². The van der Waals surface area contributed by atoms with Crippen LogP contribution in [-0.4, -0.2) is 63.3 Å². The Hall–Kier alpha value is -1.93. The van der Waals surface area contributed by atoms with Crippen molar-refractivity contribution in [1.29, 1.82) is 0 Å². The van der Waals surface area contributed by atoms with Crippen molar-refractivity contribution in [3.8, 4) is 0 Å². The minimum Gasteiger partial charge on any atom is -0.469 e. The smallest absolute Gasteiger partial charge is 0.305 e. The van der Waals surface area contributed by atoms with E-state index in [1.54, 1.807) is 18.0 Å². The molecule has 0 unspecified atom stereocenters. The van der Waals surface area contributed by atoms with Gasteiger partial charge in [-0.05, 0) is 61.8 Å². The molecular weight excluding hydrogens is 392 g/mol. The number of hydrogen-bond acceptors (Lipinski definition) is 5. The zero-order chi connectivity index (χ0) is 21.0. The minimum absolute atomic E-state index is 0.0180. The average molecular weight is 423 g/mol. The van der Waals surface area contributed by atoms with E-state index in [1.807, 2.05) is 12.1 Å². The van der Waals surface area contributed by atoms with Crippen LogP contribution < -0.4 is 0 Å².